The maximum absolute atomic E-state index is 12.9. The molecule has 3 heterocycles. The number of amides is 2. The van der Waals surface area contributed by atoms with Crippen LogP contribution in [-0.2, 0) is 24.6 Å². The lowest BCUT2D eigenvalue weighted by molar-refractivity contribution is 0.0605. The van der Waals surface area contributed by atoms with Crippen molar-refractivity contribution in [2.75, 3.05) is 26.2 Å². The maximum atomic E-state index is 12.9. The summed E-state index contributed by atoms with van der Waals surface area (Å²) in [7, 11) is 1.85. The minimum absolute atomic E-state index is 0.00532. The molecule has 0 saturated carbocycles. The van der Waals surface area contributed by atoms with Crippen molar-refractivity contribution in [3.05, 3.63) is 17.0 Å². The molecule has 1 atom stereocenters. The summed E-state index contributed by atoms with van der Waals surface area (Å²) in [6, 6.07) is -0.00532. The van der Waals surface area contributed by atoms with Crippen molar-refractivity contribution in [1.82, 2.24) is 19.6 Å². The molecule has 1 aliphatic carbocycles. The Morgan fingerprint density at radius 2 is 2.09 bits per heavy atom. The van der Waals surface area contributed by atoms with Gasteiger partial charge in [0.1, 0.15) is 12.3 Å². The second-order valence-corrected chi connectivity index (χ2v) is 6.28. The molecule has 0 spiro atoms. The van der Waals surface area contributed by atoms with E-state index in [1.54, 1.807) is 9.58 Å². The van der Waals surface area contributed by atoms with E-state index < -0.39 is 0 Å². The lowest BCUT2D eigenvalue weighted by atomic mass is 9.95. The van der Waals surface area contributed by atoms with Crippen LogP contribution in [0.1, 0.15) is 34.6 Å². The van der Waals surface area contributed by atoms with Crippen LogP contribution in [0.5, 0.6) is 0 Å². The van der Waals surface area contributed by atoms with Crippen LogP contribution in [0.15, 0.2) is 0 Å². The second kappa shape index (κ2) is 5.00. The van der Waals surface area contributed by atoms with E-state index in [1.165, 1.54) is 0 Å². The molecule has 7 heteroatoms. The first-order valence-electron chi connectivity index (χ1n) is 7.92. The first kappa shape index (κ1) is 13.6. The summed E-state index contributed by atoms with van der Waals surface area (Å²) in [6.07, 6.45) is 3.93. The van der Waals surface area contributed by atoms with Gasteiger partial charge in [-0.2, -0.15) is 5.10 Å². The zero-order valence-electron chi connectivity index (χ0n) is 12.7. The number of carbonyl (C=O) groups is 2. The topological polar surface area (TPSA) is 67.7 Å². The molecule has 2 amide bonds. The molecular weight excluding hydrogens is 284 g/mol. The Morgan fingerprint density at radius 1 is 1.27 bits per heavy atom. The van der Waals surface area contributed by atoms with Crippen molar-refractivity contribution in [3.8, 4) is 0 Å². The Hall–Kier alpha value is -2.05. The third-order valence-electron chi connectivity index (χ3n) is 4.93. The van der Waals surface area contributed by atoms with Crippen LogP contribution in [0.25, 0.3) is 0 Å². The number of fused-ring (bicyclic) bond motifs is 2. The van der Waals surface area contributed by atoms with E-state index >= 15 is 0 Å². The standard InChI is InChI=1S/C15H20N4O3/c1-17-13(11-4-2-3-5-12(11)16-17)14(20)18-6-7-19-10(8-18)9-22-15(19)21/h10H,2-9H2,1H3/t10-/m1/s1. The number of cyclic esters (lactones) is 1. The molecule has 4 rings (SSSR count). The van der Waals surface area contributed by atoms with Crippen LogP contribution in [0.4, 0.5) is 4.79 Å². The second-order valence-electron chi connectivity index (χ2n) is 6.28. The number of aryl methyl sites for hydroxylation is 2. The lowest BCUT2D eigenvalue weighted by Gasteiger charge is -2.35. The van der Waals surface area contributed by atoms with Crippen LogP contribution in [0.2, 0.25) is 0 Å². The van der Waals surface area contributed by atoms with E-state index in [0.29, 0.717) is 26.2 Å². The highest BCUT2D eigenvalue weighted by Crippen LogP contribution is 2.26. The van der Waals surface area contributed by atoms with Gasteiger partial charge in [-0.1, -0.05) is 0 Å². The van der Waals surface area contributed by atoms with Gasteiger partial charge in [-0.05, 0) is 25.7 Å². The number of nitrogens with zero attached hydrogens (tertiary/aromatic N) is 4. The van der Waals surface area contributed by atoms with Crippen molar-refractivity contribution in [3.63, 3.8) is 0 Å². The van der Waals surface area contributed by atoms with Crippen LogP contribution >= 0.6 is 0 Å². The SMILES string of the molecule is Cn1nc2c(c1C(=O)N1CCN3C(=O)OC[C@H]3C1)CCCC2. The van der Waals surface area contributed by atoms with Crippen molar-refractivity contribution < 1.29 is 14.3 Å². The third-order valence-corrected chi connectivity index (χ3v) is 4.93. The Morgan fingerprint density at radius 3 is 2.95 bits per heavy atom. The van der Waals surface area contributed by atoms with Gasteiger partial charge in [-0.3, -0.25) is 14.4 Å². The first-order valence-corrected chi connectivity index (χ1v) is 7.92. The smallest absolute Gasteiger partial charge is 0.410 e. The Balaban J connectivity index is 1.58. The molecule has 22 heavy (non-hydrogen) atoms. The summed E-state index contributed by atoms with van der Waals surface area (Å²) >= 11 is 0. The largest absolute Gasteiger partial charge is 0.447 e. The number of ether oxygens (including phenoxy) is 1. The lowest BCUT2D eigenvalue weighted by Crippen LogP contribution is -2.54. The molecule has 0 aromatic carbocycles. The molecule has 0 unspecified atom stereocenters. The third kappa shape index (κ3) is 1.99. The van der Waals surface area contributed by atoms with Crippen molar-refractivity contribution in [1.29, 1.82) is 0 Å². The molecule has 2 saturated heterocycles. The van der Waals surface area contributed by atoms with Crippen molar-refractivity contribution in [2.24, 2.45) is 7.05 Å². The molecule has 2 fully saturated rings. The molecule has 118 valence electrons. The fourth-order valence-electron chi connectivity index (χ4n) is 3.77. The van der Waals surface area contributed by atoms with Gasteiger partial charge in [-0.25, -0.2) is 4.79 Å². The van der Waals surface area contributed by atoms with Crippen molar-refractivity contribution >= 4 is 12.0 Å². The number of hydrogen-bond acceptors (Lipinski definition) is 4. The minimum atomic E-state index is -0.255. The molecule has 3 aliphatic rings. The van der Waals surface area contributed by atoms with Crippen LogP contribution in [-0.4, -0.2) is 63.9 Å². The predicted octanol–water partition coefficient (Wildman–Crippen LogP) is 0.575. The van der Waals surface area contributed by atoms with E-state index in [4.69, 9.17) is 4.74 Å². The van der Waals surface area contributed by atoms with E-state index in [2.05, 4.69) is 5.10 Å². The zero-order valence-corrected chi connectivity index (χ0v) is 12.7. The Bertz CT molecular complexity index is 639. The Kier molecular flexibility index (Phi) is 3.09. The number of piperazine rings is 1. The molecular formula is C15H20N4O3. The molecule has 1 aromatic heterocycles. The minimum Gasteiger partial charge on any atom is -0.447 e. The Labute approximate surface area is 128 Å². The molecule has 0 N–H and O–H groups in total. The molecule has 0 bridgehead atoms. The summed E-state index contributed by atoms with van der Waals surface area (Å²) in [6.45, 7) is 2.04. The zero-order chi connectivity index (χ0) is 15.3. The predicted molar refractivity (Wildman–Crippen MR) is 77.6 cm³/mol. The van der Waals surface area contributed by atoms with Gasteiger partial charge in [0.05, 0.1) is 11.7 Å². The quantitative estimate of drug-likeness (QED) is 0.761. The highest BCUT2D eigenvalue weighted by molar-refractivity contribution is 5.94. The average molecular weight is 304 g/mol. The highest BCUT2D eigenvalue weighted by atomic mass is 16.6. The van der Waals surface area contributed by atoms with Crippen molar-refractivity contribution in [2.45, 2.75) is 31.7 Å². The van der Waals surface area contributed by atoms with E-state index in [-0.39, 0.29) is 18.0 Å². The fourth-order valence-corrected chi connectivity index (χ4v) is 3.77. The highest BCUT2D eigenvalue weighted by Gasteiger charge is 2.40. The summed E-state index contributed by atoms with van der Waals surface area (Å²) < 4.78 is 6.80. The number of hydrogen-bond donors (Lipinski definition) is 0. The van der Waals surface area contributed by atoms with Crippen LogP contribution in [0, 0.1) is 0 Å². The van der Waals surface area contributed by atoms with Gasteiger partial charge in [0.2, 0.25) is 0 Å². The van der Waals surface area contributed by atoms with E-state index in [1.807, 2.05) is 11.9 Å². The van der Waals surface area contributed by atoms with Gasteiger partial charge >= 0.3 is 6.09 Å². The number of rotatable bonds is 1. The average Bonchev–Trinajstić information content (AvgIpc) is 3.06. The molecule has 0 radical (unpaired) electrons. The molecule has 1 aromatic rings. The van der Waals surface area contributed by atoms with Crippen LogP contribution in [0.3, 0.4) is 0 Å². The molecule has 2 aliphatic heterocycles. The van der Waals surface area contributed by atoms with Crippen LogP contribution < -0.4 is 0 Å². The first-order chi connectivity index (χ1) is 10.6. The summed E-state index contributed by atoms with van der Waals surface area (Å²) in [4.78, 5) is 28.1. The maximum Gasteiger partial charge on any atom is 0.410 e. The summed E-state index contributed by atoms with van der Waals surface area (Å²) in [5, 5.41) is 4.53. The fraction of sp³-hybridized carbons (Fsp3) is 0.667. The van der Waals surface area contributed by atoms with E-state index in [9.17, 15) is 9.59 Å². The van der Waals surface area contributed by atoms with Gasteiger partial charge in [0.15, 0.2) is 0 Å². The van der Waals surface area contributed by atoms with Gasteiger partial charge < -0.3 is 9.64 Å². The van der Waals surface area contributed by atoms with Gasteiger partial charge in [0.25, 0.3) is 5.91 Å². The number of carbonyl (C=O) groups excluding carboxylic acids is 2. The van der Waals surface area contributed by atoms with Gasteiger partial charge in [-0.15, -0.1) is 0 Å². The van der Waals surface area contributed by atoms with E-state index in [0.717, 1.165) is 42.6 Å². The van der Waals surface area contributed by atoms with Gasteiger partial charge in [0, 0.05) is 32.2 Å². The monoisotopic (exact) mass is 304 g/mol. The summed E-state index contributed by atoms with van der Waals surface area (Å²) in [5.74, 6) is 0.0390. The number of aromatic nitrogens is 2. The molecule has 7 nitrogen and oxygen atoms in total. The normalized spacial score (nSPS) is 24.0. The summed E-state index contributed by atoms with van der Waals surface area (Å²) in [5.41, 5.74) is 2.93.